The first kappa shape index (κ1) is 9.69. The van der Waals surface area contributed by atoms with E-state index in [0.717, 1.165) is 13.0 Å². The topological polar surface area (TPSA) is 32.3 Å². The standard InChI is InChI=1S/C12H17NO/c1-12(2,14)11-10-6-4-3-5-9(10)7-8-13-11/h3-6,11,13-14H,7-8H2,1-2H3. The molecule has 0 amide bonds. The highest BCUT2D eigenvalue weighted by molar-refractivity contribution is 5.33. The van der Waals surface area contributed by atoms with Gasteiger partial charge >= 0.3 is 0 Å². The first-order valence-corrected chi connectivity index (χ1v) is 5.12. The lowest BCUT2D eigenvalue weighted by atomic mass is 9.85. The Morgan fingerprint density at radius 2 is 2.07 bits per heavy atom. The second-order valence-corrected chi connectivity index (χ2v) is 4.49. The number of fused-ring (bicyclic) bond motifs is 1. The van der Waals surface area contributed by atoms with Crippen molar-refractivity contribution in [3.8, 4) is 0 Å². The van der Waals surface area contributed by atoms with Crippen LogP contribution in [0.4, 0.5) is 0 Å². The quantitative estimate of drug-likeness (QED) is 0.707. The summed E-state index contributed by atoms with van der Waals surface area (Å²) in [6.45, 7) is 4.66. The molecule has 1 aliphatic rings. The summed E-state index contributed by atoms with van der Waals surface area (Å²) in [5.41, 5.74) is 1.90. The van der Waals surface area contributed by atoms with Crippen molar-refractivity contribution in [1.82, 2.24) is 5.32 Å². The van der Waals surface area contributed by atoms with E-state index in [-0.39, 0.29) is 6.04 Å². The summed E-state index contributed by atoms with van der Waals surface area (Å²) in [5, 5.41) is 13.4. The van der Waals surface area contributed by atoms with Gasteiger partial charge in [-0.2, -0.15) is 0 Å². The number of aliphatic hydroxyl groups is 1. The molecule has 1 atom stereocenters. The Morgan fingerprint density at radius 3 is 2.79 bits per heavy atom. The van der Waals surface area contributed by atoms with E-state index < -0.39 is 5.60 Å². The largest absolute Gasteiger partial charge is 0.388 e. The summed E-state index contributed by atoms with van der Waals surface area (Å²) >= 11 is 0. The number of nitrogens with one attached hydrogen (secondary N) is 1. The van der Waals surface area contributed by atoms with Gasteiger partial charge in [0, 0.05) is 0 Å². The Kier molecular flexibility index (Phi) is 2.33. The van der Waals surface area contributed by atoms with Crippen LogP contribution in [0.1, 0.15) is 31.0 Å². The van der Waals surface area contributed by atoms with Gasteiger partial charge in [0.1, 0.15) is 0 Å². The molecular formula is C12H17NO. The van der Waals surface area contributed by atoms with Gasteiger partial charge in [-0.3, -0.25) is 0 Å². The second-order valence-electron chi connectivity index (χ2n) is 4.49. The molecule has 0 saturated carbocycles. The van der Waals surface area contributed by atoms with Crippen LogP contribution in [0.3, 0.4) is 0 Å². The molecule has 1 aromatic rings. The van der Waals surface area contributed by atoms with E-state index >= 15 is 0 Å². The van der Waals surface area contributed by atoms with Crippen LogP contribution >= 0.6 is 0 Å². The first-order valence-electron chi connectivity index (χ1n) is 5.12. The molecule has 0 fully saturated rings. The van der Waals surface area contributed by atoms with Gasteiger partial charge in [-0.25, -0.2) is 0 Å². The van der Waals surface area contributed by atoms with Crippen LogP contribution in [0.25, 0.3) is 0 Å². The van der Waals surface area contributed by atoms with Gasteiger partial charge < -0.3 is 10.4 Å². The molecular weight excluding hydrogens is 174 g/mol. The van der Waals surface area contributed by atoms with Crippen molar-refractivity contribution in [2.45, 2.75) is 31.9 Å². The second kappa shape index (κ2) is 3.37. The van der Waals surface area contributed by atoms with Gasteiger partial charge in [-0.05, 0) is 37.9 Å². The zero-order valence-corrected chi connectivity index (χ0v) is 8.75. The smallest absolute Gasteiger partial charge is 0.0785 e. The molecule has 1 unspecified atom stereocenters. The average Bonchev–Trinajstić information content (AvgIpc) is 2.15. The minimum absolute atomic E-state index is 0.0625. The molecule has 2 rings (SSSR count). The van der Waals surface area contributed by atoms with Crippen molar-refractivity contribution in [3.05, 3.63) is 35.4 Å². The number of hydrogen-bond donors (Lipinski definition) is 2. The van der Waals surface area contributed by atoms with E-state index in [0.29, 0.717) is 0 Å². The minimum Gasteiger partial charge on any atom is -0.388 e. The van der Waals surface area contributed by atoms with Crippen molar-refractivity contribution in [3.63, 3.8) is 0 Å². The van der Waals surface area contributed by atoms with Crippen molar-refractivity contribution in [2.24, 2.45) is 0 Å². The van der Waals surface area contributed by atoms with E-state index in [2.05, 4.69) is 23.5 Å². The lowest BCUT2D eigenvalue weighted by molar-refractivity contribution is 0.0347. The fourth-order valence-corrected chi connectivity index (χ4v) is 2.13. The van der Waals surface area contributed by atoms with E-state index in [9.17, 15) is 5.11 Å². The summed E-state index contributed by atoms with van der Waals surface area (Å²) in [7, 11) is 0. The third-order valence-electron chi connectivity index (χ3n) is 2.82. The van der Waals surface area contributed by atoms with Crippen LogP contribution in [0.2, 0.25) is 0 Å². The molecule has 1 aromatic carbocycles. The van der Waals surface area contributed by atoms with E-state index in [1.165, 1.54) is 11.1 Å². The van der Waals surface area contributed by atoms with Gasteiger partial charge in [0.2, 0.25) is 0 Å². The number of benzene rings is 1. The number of hydrogen-bond acceptors (Lipinski definition) is 2. The van der Waals surface area contributed by atoms with Crippen molar-refractivity contribution < 1.29 is 5.11 Å². The van der Waals surface area contributed by atoms with Gasteiger partial charge in [-0.1, -0.05) is 24.3 Å². The maximum Gasteiger partial charge on any atom is 0.0785 e. The van der Waals surface area contributed by atoms with Crippen LogP contribution in [-0.2, 0) is 6.42 Å². The maximum absolute atomic E-state index is 10.0. The lowest BCUT2D eigenvalue weighted by Crippen LogP contribution is -2.43. The predicted octanol–water partition coefficient (Wildman–Crippen LogP) is 1.64. The fourth-order valence-electron chi connectivity index (χ4n) is 2.13. The Balaban J connectivity index is 2.41. The first-order chi connectivity index (χ1) is 6.59. The highest BCUT2D eigenvalue weighted by Gasteiger charge is 2.31. The number of rotatable bonds is 1. The van der Waals surface area contributed by atoms with Crippen LogP contribution in [0.15, 0.2) is 24.3 Å². The van der Waals surface area contributed by atoms with Crippen LogP contribution in [-0.4, -0.2) is 17.3 Å². The van der Waals surface area contributed by atoms with E-state index in [1.807, 2.05) is 19.9 Å². The summed E-state index contributed by atoms with van der Waals surface area (Å²) in [6, 6.07) is 8.40. The Hall–Kier alpha value is -0.860. The van der Waals surface area contributed by atoms with Gasteiger partial charge in [-0.15, -0.1) is 0 Å². The average molecular weight is 191 g/mol. The molecule has 1 heterocycles. The monoisotopic (exact) mass is 191 g/mol. The van der Waals surface area contributed by atoms with Crippen LogP contribution in [0, 0.1) is 0 Å². The van der Waals surface area contributed by atoms with Gasteiger partial charge in [0.05, 0.1) is 11.6 Å². The van der Waals surface area contributed by atoms with Crippen LogP contribution in [0.5, 0.6) is 0 Å². The van der Waals surface area contributed by atoms with Crippen molar-refractivity contribution in [1.29, 1.82) is 0 Å². The molecule has 1 aliphatic heterocycles. The molecule has 0 aliphatic carbocycles. The zero-order valence-electron chi connectivity index (χ0n) is 8.75. The molecule has 14 heavy (non-hydrogen) atoms. The molecule has 2 nitrogen and oxygen atoms in total. The Bertz CT molecular complexity index is 327. The SMILES string of the molecule is CC(C)(O)C1NCCc2ccccc21. The minimum atomic E-state index is -0.698. The summed E-state index contributed by atoms with van der Waals surface area (Å²) < 4.78 is 0. The summed E-state index contributed by atoms with van der Waals surface area (Å²) in [4.78, 5) is 0. The molecule has 0 spiro atoms. The van der Waals surface area contributed by atoms with Gasteiger partial charge in [0.25, 0.3) is 0 Å². The Labute approximate surface area is 85.0 Å². The van der Waals surface area contributed by atoms with E-state index in [1.54, 1.807) is 0 Å². The molecule has 0 radical (unpaired) electrons. The zero-order chi connectivity index (χ0) is 10.2. The molecule has 0 saturated heterocycles. The van der Waals surface area contributed by atoms with Crippen molar-refractivity contribution in [2.75, 3.05) is 6.54 Å². The molecule has 2 N–H and O–H groups in total. The van der Waals surface area contributed by atoms with Crippen molar-refractivity contribution >= 4 is 0 Å². The predicted molar refractivity (Wildman–Crippen MR) is 57.2 cm³/mol. The molecule has 0 bridgehead atoms. The summed E-state index contributed by atoms with van der Waals surface area (Å²) in [6.07, 6.45) is 1.06. The Morgan fingerprint density at radius 1 is 1.36 bits per heavy atom. The third kappa shape index (κ3) is 1.68. The molecule has 76 valence electrons. The highest BCUT2D eigenvalue weighted by Crippen LogP contribution is 2.30. The lowest BCUT2D eigenvalue weighted by Gasteiger charge is -2.35. The fraction of sp³-hybridized carbons (Fsp3) is 0.500. The van der Waals surface area contributed by atoms with Gasteiger partial charge in [0.15, 0.2) is 0 Å². The molecule has 0 aromatic heterocycles. The van der Waals surface area contributed by atoms with Crippen LogP contribution < -0.4 is 5.32 Å². The normalized spacial score (nSPS) is 21.8. The highest BCUT2D eigenvalue weighted by atomic mass is 16.3. The summed E-state index contributed by atoms with van der Waals surface area (Å²) in [5.74, 6) is 0. The molecule has 2 heteroatoms. The third-order valence-corrected chi connectivity index (χ3v) is 2.82. The van der Waals surface area contributed by atoms with E-state index in [4.69, 9.17) is 0 Å². The maximum atomic E-state index is 10.0.